The van der Waals surface area contributed by atoms with Crippen LogP contribution in [0.4, 0.5) is 0 Å². The molecule has 68 valence electrons. The summed E-state index contributed by atoms with van der Waals surface area (Å²) in [5.41, 5.74) is 8.12. The number of ether oxygens (including phenoxy) is 1. The number of carbonyl (C=O) groups is 1. The van der Waals surface area contributed by atoms with Crippen LogP contribution in [-0.4, -0.2) is 18.1 Å². The first kappa shape index (κ1) is 11.1. The fraction of sp³-hybridized carbons (Fsp3) is 0.833. The van der Waals surface area contributed by atoms with Crippen molar-refractivity contribution in [1.29, 1.82) is 0 Å². The van der Waals surface area contributed by atoms with Gasteiger partial charge < -0.3 is 4.74 Å². The summed E-state index contributed by atoms with van der Waals surface area (Å²) in [4.78, 5) is 13.5. The molecule has 0 aromatic heterocycles. The Bertz CT molecular complexity index is 201. The average molecular weight is 192 g/mol. The molecule has 0 saturated heterocycles. The first-order valence-electron chi connectivity index (χ1n) is 3.40. The van der Waals surface area contributed by atoms with Gasteiger partial charge in [0.25, 0.3) is 0 Å². The zero-order chi connectivity index (χ0) is 9.56. The Kier molecular flexibility index (Phi) is 5.25. The predicted octanol–water partition coefficient (Wildman–Crippen LogP) is 2.06. The molecule has 0 aromatic carbocycles. The van der Waals surface area contributed by atoms with Crippen LogP contribution in [0.15, 0.2) is 5.11 Å². The number of alkyl halides is 1. The standard InChI is InChI=1S/C6H10ClN3O2/c1-4(2)5(9-10-8)6(11)12-3-7/h4-5H,3H2,1-2H3/t5-/m0/s1. The van der Waals surface area contributed by atoms with E-state index in [2.05, 4.69) is 14.8 Å². The molecule has 0 aromatic rings. The Balaban J connectivity index is 4.29. The number of halogens is 1. The van der Waals surface area contributed by atoms with Crippen LogP contribution >= 0.6 is 11.6 Å². The molecule has 0 aliphatic rings. The van der Waals surface area contributed by atoms with Crippen LogP contribution in [0.1, 0.15) is 13.8 Å². The minimum atomic E-state index is -0.784. The first-order chi connectivity index (χ1) is 5.63. The third-order valence-corrected chi connectivity index (χ3v) is 1.35. The van der Waals surface area contributed by atoms with Gasteiger partial charge in [0.05, 0.1) is 0 Å². The van der Waals surface area contributed by atoms with Crippen LogP contribution in [0.3, 0.4) is 0 Å². The Morgan fingerprint density at radius 1 is 1.75 bits per heavy atom. The van der Waals surface area contributed by atoms with Crippen molar-refractivity contribution in [3.8, 4) is 0 Å². The maximum absolute atomic E-state index is 11.0. The lowest BCUT2D eigenvalue weighted by Crippen LogP contribution is -2.25. The largest absolute Gasteiger partial charge is 0.449 e. The lowest BCUT2D eigenvalue weighted by molar-refractivity contribution is -0.144. The molecule has 5 nitrogen and oxygen atoms in total. The number of rotatable bonds is 4. The summed E-state index contributed by atoms with van der Waals surface area (Å²) >= 11 is 5.17. The SMILES string of the molecule is CC(C)[C@H](N=[N+]=[N-])C(=O)OCCl. The number of carbonyl (C=O) groups excluding carboxylic acids is 1. The van der Waals surface area contributed by atoms with Crippen molar-refractivity contribution in [3.05, 3.63) is 10.4 Å². The fourth-order valence-corrected chi connectivity index (χ4v) is 0.755. The highest BCUT2D eigenvalue weighted by Crippen LogP contribution is 2.08. The van der Waals surface area contributed by atoms with E-state index < -0.39 is 12.0 Å². The molecule has 0 N–H and O–H groups in total. The highest BCUT2D eigenvalue weighted by Gasteiger charge is 2.21. The summed E-state index contributed by atoms with van der Waals surface area (Å²) in [7, 11) is 0. The molecule has 0 heterocycles. The molecule has 0 bridgehead atoms. The van der Waals surface area contributed by atoms with Gasteiger partial charge in [-0.25, -0.2) is 0 Å². The highest BCUT2D eigenvalue weighted by atomic mass is 35.5. The van der Waals surface area contributed by atoms with Crippen molar-refractivity contribution in [3.63, 3.8) is 0 Å². The molecule has 0 unspecified atom stereocenters. The van der Waals surface area contributed by atoms with Gasteiger partial charge in [0, 0.05) is 4.91 Å². The molecule has 0 aliphatic heterocycles. The Labute approximate surface area is 75.3 Å². The lowest BCUT2D eigenvalue weighted by Gasteiger charge is -2.12. The quantitative estimate of drug-likeness (QED) is 0.224. The summed E-state index contributed by atoms with van der Waals surface area (Å²) in [5.74, 6) is -0.672. The van der Waals surface area contributed by atoms with E-state index in [1.165, 1.54) is 0 Å². The van der Waals surface area contributed by atoms with E-state index in [0.717, 1.165) is 0 Å². The second-order valence-electron chi connectivity index (χ2n) is 2.47. The van der Waals surface area contributed by atoms with Crippen molar-refractivity contribution in [2.45, 2.75) is 19.9 Å². The average Bonchev–Trinajstić information content (AvgIpc) is 1.99. The normalized spacial score (nSPS) is 12.0. The minimum absolute atomic E-state index is 0.0865. The second-order valence-corrected chi connectivity index (χ2v) is 2.68. The number of hydrogen-bond acceptors (Lipinski definition) is 3. The van der Waals surface area contributed by atoms with Gasteiger partial charge in [0.15, 0.2) is 6.07 Å². The molecular weight excluding hydrogens is 182 g/mol. The minimum Gasteiger partial charge on any atom is -0.449 e. The smallest absolute Gasteiger partial charge is 0.316 e. The van der Waals surface area contributed by atoms with Gasteiger partial charge in [-0.15, -0.1) is 0 Å². The predicted molar refractivity (Wildman–Crippen MR) is 44.6 cm³/mol. The number of esters is 1. The van der Waals surface area contributed by atoms with Gasteiger partial charge in [0.2, 0.25) is 0 Å². The summed E-state index contributed by atoms with van der Waals surface area (Å²) in [6.07, 6.45) is 0. The number of nitrogens with zero attached hydrogens (tertiary/aromatic N) is 3. The molecule has 6 heteroatoms. The molecule has 0 spiro atoms. The highest BCUT2D eigenvalue weighted by molar-refractivity contribution is 6.17. The van der Waals surface area contributed by atoms with Crippen molar-refractivity contribution in [2.75, 3.05) is 6.07 Å². The van der Waals surface area contributed by atoms with E-state index in [4.69, 9.17) is 17.1 Å². The topological polar surface area (TPSA) is 75.1 Å². The summed E-state index contributed by atoms with van der Waals surface area (Å²) in [6, 6.07) is -1.00. The summed E-state index contributed by atoms with van der Waals surface area (Å²) < 4.78 is 4.48. The maximum atomic E-state index is 11.0. The van der Waals surface area contributed by atoms with E-state index in [0.29, 0.717) is 0 Å². The second kappa shape index (κ2) is 5.69. The third kappa shape index (κ3) is 3.46. The summed E-state index contributed by atoms with van der Waals surface area (Å²) in [5, 5.41) is 3.29. The number of azide groups is 1. The monoisotopic (exact) mass is 191 g/mol. The summed E-state index contributed by atoms with van der Waals surface area (Å²) in [6.45, 7) is 3.52. The van der Waals surface area contributed by atoms with E-state index in [-0.39, 0.29) is 12.0 Å². The van der Waals surface area contributed by atoms with Crippen molar-refractivity contribution in [1.82, 2.24) is 0 Å². The molecule has 0 aliphatic carbocycles. The van der Waals surface area contributed by atoms with Gasteiger partial charge in [-0.1, -0.05) is 30.6 Å². The first-order valence-corrected chi connectivity index (χ1v) is 3.93. The van der Waals surface area contributed by atoms with E-state index >= 15 is 0 Å². The van der Waals surface area contributed by atoms with Crippen molar-refractivity contribution < 1.29 is 9.53 Å². The van der Waals surface area contributed by atoms with Crippen LogP contribution in [0.25, 0.3) is 10.4 Å². The fourth-order valence-electron chi connectivity index (χ4n) is 0.647. The zero-order valence-corrected chi connectivity index (χ0v) is 7.65. The molecule has 1 atom stereocenters. The molecule has 0 fully saturated rings. The Morgan fingerprint density at radius 2 is 2.33 bits per heavy atom. The van der Waals surface area contributed by atoms with E-state index in [9.17, 15) is 4.79 Å². The van der Waals surface area contributed by atoms with Crippen LogP contribution < -0.4 is 0 Å². The molecule has 12 heavy (non-hydrogen) atoms. The van der Waals surface area contributed by atoms with Crippen molar-refractivity contribution in [2.24, 2.45) is 11.0 Å². The Hall–Kier alpha value is -0.930. The van der Waals surface area contributed by atoms with Gasteiger partial charge >= 0.3 is 5.97 Å². The van der Waals surface area contributed by atoms with E-state index in [1.54, 1.807) is 13.8 Å². The molecule has 0 rings (SSSR count). The van der Waals surface area contributed by atoms with Crippen LogP contribution in [0.2, 0.25) is 0 Å². The van der Waals surface area contributed by atoms with Crippen LogP contribution in [-0.2, 0) is 9.53 Å². The molecule has 0 amide bonds. The van der Waals surface area contributed by atoms with Crippen LogP contribution in [0.5, 0.6) is 0 Å². The van der Waals surface area contributed by atoms with E-state index in [1.807, 2.05) is 0 Å². The van der Waals surface area contributed by atoms with Gasteiger partial charge in [-0.3, -0.25) is 4.79 Å². The maximum Gasteiger partial charge on any atom is 0.316 e. The zero-order valence-electron chi connectivity index (χ0n) is 6.90. The lowest BCUT2D eigenvalue weighted by atomic mass is 10.1. The van der Waals surface area contributed by atoms with Crippen LogP contribution in [0, 0.1) is 5.92 Å². The van der Waals surface area contributed by atoms with Crippen molar-refractivity contribution >= 4 is 17.6 Å². The molecule has 0 saturated carbocycles. The third-order valence-electron chi connectivity index (χ3n) is 1.25. The van der Waals surface area contributed by atoms with Gasteiger partial charge in [-0.2, -0.15) is 0 Å². The molecule has 0 radical (unpaired) electrons. The van der Waals surface area contributed by atoms with Gasteiger partial charge in [-0.05, 0) is 11.4 Å². The Morgan fingerprint density at radius 3 is 2.67 bits per heavy atom. The molecular formula is C6H10ClN3O2. The van der Waals surface area contributed by atoms with Gasteiger partial charge in [0.1, 0.15) is 6.04 Å². The number of hydrogen-bond donors (Lipinski definition) is 0.